The molecule has 0 bridgehead atoms. The molecule has 0 aliphatic carbocycles. The fourth-order valence-corrected chi connectivity index (χ4v) is 2.09. The molecule has 2 nitrogen and oxygen atoms in total. The minimum atomic E-state index is -4.46. The second-order valence-electron chi connectivity index (χ2n) is 4.23. The number of thiocarbonyl (C=S) groups is 1. The Morgan fingerprint density at radius 3 is 2.33 bits per heavy atom. The van der Waals surface area contributed by atoms with Crippen LogP contribution in [0.15, 0.2) is 42.5 Å². The number of anilines is 2. The van der Waals surface area contributed by atoms with Gasteiger partial charge in [0.15, 0.2) is 0 Å². The molecule has 0 radical (unpaired) electrons. The maximum absolute atomic E-state index is 12.7. The third-order valence-electron chi connectivity index (χ3n) is 2.76. The van der Waals surface area contributed by atoms with Crippen LogP contribution in [0.4, 0.5) is 24.5 Å². The van der Waals surface area contributed by atoms with Gasteiger partial charge in [0, 0.05) is 11.3 Å². The van der Waals surface area contributed by atoms with Gasteiger partial charge in [0.25, 0.3) is 0 Å². The summed E-state index contributed by atoms with van der Waals surface area (Å²) in [6.45, 7) is 0. The van der Waals surface area contributed by atoms with Crippen molar-refractivity contribution < 1.29 is 13.2 Å². The van der Waals surface area contributed by atoms with Crippen molar-refractivity contribution >= 4 is 40.2 Å². The van der Waals surface area contributed by atoms with Crippen molar-refractivity contribution in [2.24, 2.45) is 5.73 Å². The van der Waals surface area contributed by atoms with E-state index in [1.165, 1.54) is 6.07 Å². The Morgan fingerprint density at radius 1 is 1.10 bits per heavy atom. The van der Waals surface area contributed by atoms with Crippen LogP contribution in [0, 0.1) is 0 Å². The van der Waals surface area contributed by atoms with E-state index >= 15 is 0 Å². The van der Waals surface area contributed by atoms with Crippen LogP contribution in [0.3, 0.4) is 0 Å². The molecule has 110 valence electrons. The summed E-state index contributed by atoms with van der Waals surface area (Å²) in [5.74, 6) is 0. The number of para-hydroxylation sites is 1. The Kier molecular flexibility index (Phi) is 4.39. The Bertz CT molecular complexity index is 686. The molecular formula is C14H10ClF3N2S. The smallest absolute Gasteiger partial charge is 0.389 e. The number of rotatable bonds is 3. The summed E-state index contributed by atoms with van der Waals surface area (Å²) in [5.41, 5.74) is 5.73. The SMILES string of the molecule is NC(=S)c1cc(C(F)(F)F)ccc1Nc1ccccc1Cl. The molecule has 21 heavy (non-hydrogen) atoms. The molecule has 2 aromatic rings. The first-order valence-corrected chi connectivity index (χ1v) is 6.60. The van der Waals surface area contributed by atoms with E-state index in [0.717, 1.165) is 12.1 Å². The lowest BCUT2D eigenvalue weighted by molar-refractivity contribution is -0.137. The van der Waals surface area contributed by atoms with E-state index in [2.05, 4.69) is 5.32 Å². The van der Waals surface area contributed by atoms with Crippen molar-refractivity contribution in [2.75, 3.05) is 5.32 Å². The zero-order chi connectivity index (χ0) is 15.6. The van der Waals surface area contributed by atoms with Crippen LogP contribution in [0.25, 0.3) is 0 Å². The minimum Gasteiger partial charge on any atom is -0.389 e. The van der Waals surface area contributed by atoms with E-state index in [9.17, 15) is 13.2 Å². The summed E-state index contributed by atoms with van der Waals surface area (Å²) in [4.78, 5) is -0.129. The average Bonchev–Trinajstić information content (AvgIpc) is 2.40. The lowest BCUT2D eigenvalue weighted by Crippen LogP contribution is -2.14. The first-order valence-electron chi connectivity index (χ1n) is 5.81. The number of hydrogen-bond donors (Lipinski definition) is 2. The van der Waals surface area contributed by atoms with E-state index in [1.807, 2.05) is 0 Å². The molecule has 7 heteroatoms. The van der Waals surface area contributed by atoms with E-state index < -0.39 is 11.7 Å². The molecule has 0 fully saturated rings. The van der Waals surface area contributed by atoms with Crippen molar-refractivity contribution in [3.05, 3.63) is 58.6 Å². The van der Waals surface area contributed by atoms with Crippen molar-refractivity contribution in [2.45, 2.75) is 6.18 Å². The summed E-state index contributed by atoms with van der Waals surface area (Å²) in [6.07, 6.45) is -4.46. The molecule has 2 rings (SSSR count). The molecule has 0 aliphatic heterocycles. The predicted molar refractivity (Wildman–Crippen MR) is 82.1 cm³/mol. The van der Waals surface area contributed by atoms with Crippen LogP contribution in [0.2, 0.25) is 5.02 Å². The lowest BCUT2D eigenvalue weighted by Gasteiger charge is -2.15. The zero-order valence-electron chi connectivity index (χ0n) is 10.5. The second kappa shape index (κ2) is 5.91. The third kappa shape index (κ3) is 3.65. The molecule has 0 spiro atoms. The molecule has 3 N–H and O–H groups in total. The number of benzene rings is 2. The van der Waals surface area contributed by atoms with Gasteiger partial charge in [-0.3, -0.25) is 0 Å². The van der Waals surface area contributed by atoms with Gasteiger partial charge in [-0.1, -0.05) is 36.0 Å². The van der Waals surface area contributed by atoms with Gasteiger partial charge in [-0.25, -0.2) is 0 Å². The van der Waals surface area contributed by atoms with Gasteiger partial charge in [0.1, 0.15) is 4.99 Å². The molecule has 0 aromatic heterocycles. The fraction of sp³-hybridized carbons (Fsp3) is 0.0714. The highest BCUT2D eigenvalue weighted by Crippen LogP contribution is 2.33. The summed E-state index contributed by atoms with van der Waals surface area (Å²) in [6, 6.07) is 10.0. The fourth-order valence-electron chi connectivity index (χ4n) is 1.74. The Hall–Kier alpha value is -1.79. The maximum Gasteiger partial charge on any atom is 0.416 e. The Balaban J connectivity index is 2.45. The number of alkyl halides is 3. The number of nitrogens with two attached hydrogens (primary N) is 1. The van der Waals surface area contributed by atoms with Crippen LogP contribution in [0.1, 0.15) is 11.1 Å². The topological polar surface area (TPSA) is 38.0 Å². The zero-order valence-corrected chi connectivity index (χ0v) is 12.1. The van der Waals surface area contributed by atoms with Crippen LogP contribution < -0.4 is 11.1 Å². The summed E-state index contributed by atoms with van der Waals surface area (Å²) < 4.78 is 38.2. The van der Waals surface area contributed by atoms with Crippen LogP contribution in [0.5, 0.6) is 0 Å². The van der Waals surface area contributed by atoms with E-state index in [4.69, 9.17) is 29.6 Å². The van der Waals surface area contributed by atoms with E-state index in [0.29, 0.717) is 16.4 Å². The highest BCUT2D eigenvalue weighted by molar-refractivity contribution is 7.80. The van der Waals surface area contributed by atoms with Gasteiger partial charge in [-0.2, -0.15) is 13.2 Å². The minimum absolute atomic E-state index is 0.111. The molecular weight excluding hydrogens is 321 g/mol. The largest absolute Gasteiger partial charge is 0.416 e. The highest BCUT2D eigenvalue weighted by atomic mass is 35.5. The van der Waals surface area contributed by atoms with E-state index in [1.54, 1.807) is 24.3 Å². The summed E-state index contributed by atoms with van der Waals surface area (Å²) in [7, 11) is 0. The molecule has 0 unspecified atom stereocenters. The molecule has 0 saturated heterocycles. The standard InChI is InChI=1S/C14H10ClF3N2S/c15-10-3-1-2-4-12(10)20-11-6-5-8(14(16,17)18)7-9(11)13(19)21/h1-7,20H,(H2,19,21). The van der Waals surface area contributed by atoms with Crippen LogP contribution in [-0.4, -0.2) is 4.99 Å². The first-order chi connectivity index (χ1) is 9.79. The molecule has 2 aromatic carbocycles. The molecule has 0 atom stereocenters. The number of hydrogen-bond acceptors (Lipinski definition) is 2. The number of halogens is 4. The number of nitrogens with one attached hydrogen (secondary N) is 1. The van der Waals surface area contributed by atoms with Crippen LogP contribution in [-0.2, 0) is 6.18 Å². The van der Waals surface area contributed by atoms with Crippen molar-refractivity contribution in [1.29, 1.82) is 0 Å². The van der Waals surface area contributed by atoms with Crippen LogP contribution >= 0.6 is 23.8 Å². The Labute approximate surface area is 129 Å². The first kappa shape index (κ1) is 15.6. The van der Waals surface area contributed by atoms with Gasteiger partial charge in [0.05, 0.1) is 16.3 Å². The lowest BCUT2D eigenvalue weighted by atomic mass is 10.1. The summed E-state index contributed by atoms with van der Waals surface area (Å²) in [5, 5.41) is 3.37. The molecule has 0 aliphatic rings. The Morgan fingerprint density at radius 2 is 1.76 bits per heavy atom. The highest BCUT2D eigenvalue weighted by Gasteiger charge is 2.31. The monoisotopic (exact) mass is 330 g/mol. The quantitative estimate of drug-likeness (QED) is 0.798. The normalized spacial score (nSPS) is 11.2. The van der Waals surface area contributed by atoms with Crippen molar-refractivity contribution in [1.82, 2.24) is 0 Å². The van der Waals surface area contributed by atoms with Gasteiger partial charge < -0.3 is 11.1 Å². The molecule has 0 amide bonds. The predicted octanol–water partition coefficient (Wildman–Crippen LogP) is 4.74. The molecule has 0 heterocycles. The third-order valence-corrected chi connectivity index (χ3v) is 3.31. The second-order valence-corrected chi connectivity index (χ2v) is 5.07. The van der Waals surface area contributed by atoms with Crippen molar-refractivity contribution in [3.63, 3.8) is 0 Å². The van der Waals surface area contributed by atoms with Gasteiger partial charge in [-0.05, 0) is 30.3 Å². The van der Waals surface area contributed by atoms with Gasteiger partial charge >= 0.3 is 6.18 Å². The maximum atomic E-state index is 12.7. The van der Waals surface area contributed by atoms with E-state index in [-0.39, 0.29) is 10.6 Å². The van der Waals surface area contributed by atoms with Crippen molar-refractivity contribution in [3.8, 4) is 0 Å². The summed E-state index contributed by atoms with van der Waals surface area (Å²) >= 11 is 10.8. The average molecular weight is 331 g/mol. The van der Waals surface area contributed by atoms with Gasteiger partial charge in [0.2, 0.25) is 0 Å². The molecule has 0 saturated carbocycles. The van der Waals surface area contributed by atoms with Gasteiger partial charge in [-0.15, -0.1) is 0 Å².